The molecule has 0 aromatic heterocycles. The van der Waals surface area contributed by atoms with Gasteiger partial charge in [0.25, 0.3) is 0 Å². The highest BCUT2D eigenvalue weighted by Gasteiger charge is 2.17. The summed E-state index contributed by atoms with van der Waals surface area (Å²) in [6, 6.07) is 23.2. The van der Waals surface area contributed by atoms with Crippen LogP contribution in [0, 0.1) is 5.82 Å². The molecule has 144 valence electrons. The van der Waals surface area contributed by atoms with Crippen molar-refractivity contribution in [3.05, 3.63) is 95.8 Å². The maximum Gasteiger partial charge on any atom is 0.307 e. The number of ether oxygens (including phenoxy) is 2. The Labute approximate surface area is 163 Å². The van der Waals surface area contributed by atoms with Crippen molar-refractivity contribution in [3.8, 4) is 5.75 Å². The Hall–Kier alpha value is -3.34. The van der Waals surface area contributed by atoms with Crippen molar-refractivity contribution in [2.24, 2.45) is 0 Å². The zero-order valence-corrected chi connectivity index (χ0v) is 15.6. The van der Waals surface area contributed by atoms with Crippen LogP contribution in [0.25, 0.3) is 0 Å². The first-order valence-corrected chi connectivity index (χ1v) is 8.99. The first kappa shape index (κ1) is 19.4. The van der Waals surface area contributed by atoms with Crippen molar-refractivity contribution >= 4 is 11.7 Å². The van der Waals surface area contributed by atoms with Crippen molar-refractivity contribution in [3.63, 3.8) is 0 Å². The van der Waals surface area contributed by atoms with Gasteiger partial charge in [-0.3, -0.25) is 4.79 Å². The maximum atomic E-state index is 13.1. The van der Waals surface area contributed by atoms with Gasteiger partial charge in [-0.05, 0) is 47.5 Å². The maximum absolute atomic E-state index is 13.1. The van der Waals surface area contributed by atoms with E-state index in [1.54, 1.807) is 12.1 Å². The Morgan fingerprint density at radius 3 is 2.29 bits per heavy atom. The number of hydrogen-bond acceptors (Lipinski definition) is 4. The van der Waals surface area contributed by atoms with Crippen LogP contribution in [0.4, 0.5) is 10.1 Å². The fraction of sp³-hybridized carbons (Fsp3) is 0.174. The normalized spacial score (nSPS) is 11.5. The van der Waals surface area contributed by atoms with Crippen molar-refractivity contribution in [1.29, 1.82) is 0 Å². The molecule has 5 heteroatoms. The lowest BCUT2D eigenvalue weighted by molar-refractivity contribution is -0.140. The molecule has 4 nitrogen and oxygen atoms in total. The molecule has 0 amide bonds. The van der Waals surface area contributed by atoms with Crippen molar-refractivity contribution < 1.29 is 18.7 Å². The summed E-state index contributed by atoms with van der Waals surface area (Å²) in [6.07, 6.45) is 0.151. The summed E-state index contributed by atoms with van der Waals surface area (Å²) in [6.45, 7) is 0.486. The zero-order valence-electron chi connectivity index (χ0n) is 15.6. The van der Waals surface area contributed by atoms with Crippen LogP contribution in [0.1, 0.15) is 23.6 Å². The molecule has 28 heavy (non-hydrogen) atoms. The van der Waals surface area contributed by atoms with Crippen molar-refractivity contribution in [1.82, 2.24) is 0 Å². The van der Waals surface area contributed by atoms with Gasteiger partial charge in [-0.2, -0.15) is 0 Å². The molecule has 1 atom stereocenters. The number of halogens is 1. The van der Waals surface area contributed by atoms with Crippen molar-refractivity contribution in [2.45, 2.75) is 19.1 Å². The highest BCUT2D eigenvalue weighted by Crippen LogP contribution is 2.25. The highest BCUT2D eigenvalue weighted by molar-refractivity contribution is 5.71. The third-order valence-corrected chi connectivity index (χ3v) is 4.31. The van der Waals surface area contributed by atoms with E-state index in [-0.39, 0.29) is 24.2 Å². The zero-order chi connectivity index (χ0) is 19.8. The molecule has 0 spiro atoms. The lowest BCUT2D eigenvalue weighted by atomic mass is 10.0. The minimum atomic E-state index is -0.330. The summed E-state index contributed by atoms with van der Waals surface area (Å²) < 4.78 is 23.7. The standard InChI is InChI=1S/C23H22FNO3/c1-27-23(26)15-22(25-20-11-9-19(24)10-12-20)18-7-13-21(14-8-18)28-16-17-5-3-2-4-6-17/h2-14,22,25H,15-16H2,1H3/t22-/m1/s1. The molecule has 0 radical (unpaired) electrons. The molecule has 3 aromatic carbocycles. The second-order valence-electron chi connectivity index (χ2n) is 6.33. The Kier molecular flexibility index (Phi) is 6.63. The number of hydrogen-bond donors (Lipinski definition) is 1. The number of rotatable bonds is 8. The molecule has 0 aliphatic rings. The van der Waals surface area contributed by atoms with Crippen LogP contribution >= 0.6 is 0 Å². The first-order chi connectivity index (χ1) is 13.6. The van der Waals surface area contributed by atoms with Gasteiger partial charge in [0, 0.05) is 5.69 Å². The Morgan fingerprint density at radius 1 is 0.964 bits per heavy atom. The molecule has 0 saturated carbocycles. The number of esters is 1. The van der Waals surface area contributed by atoms with Crippen LogP contribution in [-0.2, 0) is 16.1 Å². The van der Waals surface area contributed by atoms with Crippen LogP contribution in [-0.4, -0.2) is 13.1 Å². The molecule has 0 unspecified atom stereocenters. The predicted octanol–water partition coefficient (Wildman–Crippen LogP) is 5.12. The van der Waals surface area contributed by atoms with Crippen LogP contribution in [0.5, 0.6) is 5.75 Å². The smallest absolute Gasteiger partial charge is 0.307 e. The molecular formula is C23H22FNO3. The lowest BCUT2D eigenvalue weighted by Crippen LogP contribution is -2.16. The molecule has 3 rings (SSSR count). The quantitative estimate of drug-likeness (QED) is 0.552. The van der Waals surface area contributed by atoms with E-state index in [1.807, 2.05) is 54.6 Å². The topological polar surface area (TPSA) is 47.6 Å². The summed E-state index contributed by atoms with van der Waals surface area (Å²) in [7, 11) is 1.36. The number of carbonyl (C=O) groups is 1. The van der Waals surface area contributed by atoms with Crippen LogP contribution in [0.2, 0.25) is 0 Å². The predicted molar refractivity (Wildman–Crippen MR) is 107 cm³/mol. The van der Waals surface area contributed by atoms with E-state index in [9.17, 15) is 9.18 Å². The molecule has 0 bridgehead atoms. The first-order valence-electron chi connectivity index (χ1n) is 8.99. The van der Waals surface area contributed by atoms with Crippen molar-refractivity contribution in [2.75, 3.05) is 12.4 Å². The Morgan fingerprint density at radius 2 is 1.64 bits per heavy atom. The molecule has 0 aliphatic heterocycles. The van der Waals surface area contributed by atoms with E-state index in [2.05, 4.69) is 5.32 Å². The summed E-state index contributed by atoms with van der Waals surface area (Å²) in [4.78, 5) is 11.8. The number of benzene rings is 3. The van der Waals surface area contributed by atoms with Crippen LogP contribution in [0.15, 0.2) is 78.9 Å². The average molecular weight is 379 g/mol. The molecule has 0 saturated heterocycles. The van der Waals surface area contributed by atoms with E-state index in [0.717, 1.165) is 22.6 Å². The minimum absolute atomic E-state index is 0.151. The molecule has 0 fully saturated rings. The van der Waals surface area contributed by atoms with Gasteiger partial charge >= 0.3 is 5.97 Å². The number of methoxy groups -OCH3 is 1. The van der Waals surface area contributed by atoms with Gasteiger partial charge in [0.2, 0.25) is 0 Å². The van der Waals surface area contributed by atoms with E-state index in [1.165, 1.54) is 19.2 Å². The van der Waals surface area contributed by atoms with E-state index in [0.29, 0.717) is 6.61 Å². The molecule has 0 heterocycles. The number of anilines is 1. The van der Waals surface area contributed by atoms with E-state index in [4.69, 9.17) is 9.47 Å². The number of carbonyl (C=O) groups excluding carboxylic acids is 1. The largest absolute Gasteiger partial charge is 0.489 e. The Balaban J connectivity index is 1.70. The van der Waals surface area contributed by atoms with E-state index >= 15 is 0 Å². The highest BCUT2D eigenvalue weighted by atomic mass is 19.1. The monoisotopic (exact) mass is 379 g/mol. The second kappa shape index (κ2) is 9.55. The summed E-state index contributed by atoms with van der Waals surface area (Å²) in [5, 5.41) is 3.26. The lowest BCUT2D eigenvalue weighted by Gasteiger charge is -2.20. The van der Waals surface area contributed by atoms with Gasteiger partial charge in [0.1, 0.15) is 18.2 Å². The SMILES string of the molecule is COC(=O)C[C@@H](Nc1ccc(F)cc1)c1ccc(OCc2ccccc2)cc1. The summed E-state index contributed by atoms with van der Waals surface area (Å²) in [5.74, 6) is 0.102. The second-order valence-corrected chi connectivity index (χ2v) is 6.33. The number of nitrogens with one attached hydrogen (secondary N) is 1. The van der Waals surface area contributed by atoms with Gasteiger partial charge in [-0.15, -0.1) is 0 Å². The van der Waals surface area contributed by atoms with Crippen LogP contribution in [0.3, 0.4) is 0 Å². The summed E-state index contributed by atoms with van der Waals surface area (Å²) >= 11 is 0. The minimum Gasteiger partial charge on any atom is -0.489 e. The van der Waals surface area contributed by atoms with Gasteiger partial charge < -0.3 is 14.8 Å². The van der Waals surface area contributed by atoms with Gasteiger partial charge in [-0.25, -0.2) is 4.39 Å². The molecule has 1 N–H and O–H groups in total. The Bertz CT molecular complexity index is 880. The fourth-order valence-electron chi connectivity index (χ4n) is 2.79. The molecular weight excluding hydrogens is 357 g/mol. The third-order valence-electron chi connectivity index (χ3n) is 4.31. The average Bonchev–Trinajstić information content (AvgIpc) is 2.74. The fourth-order valence-corrected chi connectivity index (χ4v) is 2.79. The summed E-state index contributed by atoms with van der Waals surface area (Å²) in [5.41, 5.74) is 2.72. The van der Waals surface area contributed by atoms with E-state index < -0.39 is 0 Å². The molecule has 0 aliphatic carbocycles. The third kappa shape index (κ3) is 5.58. The van der Waals surface area contributed by atoms with Gasteiger partial charge in [0.05, 0.1) is 19.6 Å². The van der Waals surface area contributed by atoms with Gasteiger partial charge in [-0.1, -0.05) is 42.5 Å². The van der Waals surface area contributed by atoms with Crippen LogP contribution < -0.4 is 10.1 Å². The van der Waals surface area contributed by atoms with Gasteiger partial charge in [0.15, 0.2) is 0 Å². The molecule has 3 aromatic rings.